The van der Waals surface area contributed by atoms with Gasteiger partial charge in [-0.3, -0.25) is 0 Å². The van der Waals surface area contributed by atoms with Crippen molar-refractivity contribution in [2.75, 3.05) is 0 Å². The highest BCUT2D eigenvalue weighted by molar-refractivity contribution is 5.76. The Morgan fingerprint density at radius 3 is 1.51 bits per heavy atom. The Bertz CT molecular complexity index is 1440. The second-order valence-corrected chi connectivity index (χ2v) is 9.29. The van der Waals surface area contributed by atoms with Crippen molar-refractivity contribution in [2.24, 2.45) is 0 Å². The van der Waals surface area contributed by atoms with Gasteiger partial charge in [0.2, 0.25) is 0 Å². The van der Waals surface area contributed by atoms with Gasteiger partial charge in [-0.05, 0) is 33.4 Å². The Hall–Kier alpha value is -4.51. The van der Waals surface area contributed by atoms with Gasteiger partial charge in [0.05, 0.1) is 6.61 Å². The normalized spacial score (nSPS) is 13.3. The number of carbonyl (C=O) groups is 1. The van der Waals surface area contributed by atoms with Gasteiger partial charge in [-0.15, -0.1) is 0 Å². The Balaban J connectivity index is 1.41. The lowest BCUT2D eigenvalue weighted by molar-refractivity contribution is -0.170. The summed E-state index contributed by atoms with van der Waals surface area (Å²) in [6.45, 7) is 0.316. The number of aliphatic hydroxyl groups is 1. The monoisotopic (exact) mass is 514 g/mol. The molecule has 0 unspecified atom stereocenters. The molecule has 4 heteroatoms. The predicted molar refractivity (Wildman–Crippen MR) is 153 cm³/mol. The van der Waals surface area contributed by atoms with Crippen LogP contribution in [0.3, 0.4) is 0 Å². The van der Waals surface area contributed by atoms with E-state index in [-0.39, 0.29) is 0 Å². The molecule has 39 heavy (non-hydrogen) atoms. The second kappa shape index (κ2) is 12.8. The summed E-state index contributed by atoms with van der Waals surface area (Å²) in [4.78, 5) is 13.2. The van der Waals surface area contributed by atoms with Crippen LogP contribution >= 0.6 is 0 Å². The first-order chi connectivity index (χ1) is 19.2. The molecule has 0 spiro atoms. The molecule has 0 aliphatic heterocycles. The quantitative estimate of drug-likeness (QED) is 0.195. The molecule has 0 heterocycles. The van der Waals surface area contributed by atoms with Crippen LogP contribution in [0.2, 0.25) is 0 Å². The third-order valence-electron chi connectivity index (χ3n) is 6.60. The van der Waals surface area contributed by atoms with Crippen LogP contribution < -0.4 is 0 Å². The molecule has 0 fully saturated rings. The number of hydrogen-bond acceptors (Lipinski definition) is 4. The molecule has 0 saturated heterocycles. The number of hydrogen-bond donors (Lipinski definition) is 1. The van der Waals surface area contributed by atoms with E-state index in [1.807, 2.05) is 97.1 Å². The highest BCUT2D eigenvalue weighted by Gasteiger charge is 2.32. The molecule has 5 aromatic carbocycles. The highest BCUT2D eigenvalue weighted by Crippen LogP contribution is 2.37. The number of ether oxygens (including phenoxy) is 2. The van der Waals surface area contributed by atoms with Gasteiger partial charge in [0.1, 0.15) is 6.10 Å². The summed E-state index contributed by atoms with van der Waals surface area (Å²) in [6, 6.07) is 46.5. The van der Waals surface area contributed by atoms with E-state index in [0.717, 1.165) is 27.8 Å². The van der Waals surface area contributed by atoms with E-state index in [4.69, 9.17) is 9.47 Å². The summed E-state index contributed by atoms with van der Waals surface area (Å²) in [5, 5.41) is 10.7. The van der Waals surface area contributed by atoms with Crippen molar-refractivity contribution < 1.29 is 19.4 Å². The van der Waals surface area contributed by atoms with Gasteiger partial charge in [0.15, 0.2) is 12.2 Å². The van der Waals surface area contributed by atoms with Crippen molar-refractivity contribution >= 4 is 5.97 Å². The maximum atomic E-state index is 13.2. The maximum Gasteiger partial charge on any atom is 0.340 e. The summed E-state index contributed by atoms with van der Waals surface area (Å²) in [5.74, 6) is -0.730. The Labute approximate surface area is 229 Å². The van der Waals surface area contributed by atoms with Gasteiger partial charge < -0.3 is 14.6 Å². The molecule has 0 aliphatic carbocycles. The summed E-state index contributed by atoms with van der Waals surface area (Å²) in [5.41, 5.74) is 5.40. The Morgan fingerprint density at radius 2 is 0.974 bits per heavy atom. The molecule has 0 amide bonds. The van der Waals surface area contributed by atoms with Crippen molar-refractivity contribution in [1.82, 2.24) is 0 Å². The summed E-state index contributed by atoms with van der Waals surface area (Å²) >= 11 is 0. The molecular weight excluding hydrogens is 484 g/mol. The third kappa shape index (κ3) is 6.68. The van der Waals surface area contributed by atoms with Crippen LogP contribution in [0.15, 0.2) is 146 Å². The van der Waals surface area contributed by atoms with Crippen molar-refractivity contribution in [3.05, 3.63) is 168 Å². The predicted octanol–water partition coefficient (Wildman–Crippen LogP) is 7.63. The molecule has 5 aromatic rings. The molecule has 1 N–H and O–H groups in total. The number of esters is 1. The summed E-state index contributed by atoms with van der Waals surface area (Å²) in [7, 11) is 0. The first-order valence-electron chi connectivity index (χ1n) is 13.0. The van der Waals surface area contributed by atoms with Crippen LogP contribution in [-0.4, -0.2) is 11.1 Å². The number of benzene rings is 5. The van der Waals surface area contributed by atoms with E-state index in [9.17, 15) is 9.90 Å². The first-order valence-corrected chi connectivity index (χ1v) is 13.0. The molecule has 0 saturated carbocycles. The number of rotatable bonds is 10. The fraction of sp³-hybridized carbons (Fsp3) is 0.114. The third-order valence-corrected chi connectivity index (χ3v) is 6.60. The summed E-state index contributed by atoms with van der Waals surface area (Å²) < 4.78 is 12.5. The van der Waals surface area contributed by atoms with Crippen molar-refractivity contribution in [3.8, 4) is 11.1 Å². The molecule has 0 bridgehead atoms. The van der Waals surface area contributed by atoms with Crippen molar-refractivity contribution in [3.63, 3.8) is 0 Å². The van der Waals surface area contributed by atoms with Gasteiger partial charge in [0, 0.05) is 0 Å². The molecule has 0 aromatic heterocycles. The van der Waals surface area contributed by atoms with Gasteiger partial charge in [0.25, 0.3) is 0 Å². The van der Waals surface area contributed by atoms with Crippen LogP contribution in [0.1, 0.15) is 40.6 Å². The zero-order chi connectivity index (χ0) is 26.9. The van der Waals surface area contributed by atoms with Crippen LogP contribution in [0, 0.1) is 0 Å². The minimum Gasteiger partial charge on any atom is -0.452 e. The molecule has 0 radical (unpaired) electrons. The SMILES string of the molecule is O=C(O[C@H](c1ccccc1)[C@H](OCc1ccc(-c2ccccc2)cc1)c1ccccc1)[C@H](O)c1ccccc1. The average Bonchev–Trinajstić information content (AvgIpc) is 3.02. The molecular formula is C35H30O4. The number of carbonyl (C=O) groups excluding carboxylic acids is 1. The van der Waals surface area contributed by atoms with E-state index >= 15 is 0 Å². The standard InChI is InChI=1S/C35H30O4/c36-32(29-15-7-2-8-16-29)35(37)39-34(31-19-11-4-12-20-31)33(30-17-9-3-10-18-30)38-25-26-21-23-28(24-22-26)27-13-5-1-6-14-27/h1-24,32-34,36H,25H2/t32-,33-,34-/m1/s1. The fourth-order valence-corrected chi connectivity index (χ4v) is 4.52. The molecule has 0 aliphatic rings. The minimum absolute atomic E-state index is 0.316. The van der Waals surface area contributed by atoms with Crippen LogP contribution in [-0.2, 0) is 20.9 Å². The number of aliphatic hydroxyl groups excluding tert-OH is 1. The van der Waals surface area contributed by atoms with E-state index in [1.54, 1.807) is 24.3 Å². The van der Waals surface area contributed by atoms with Crippen molar-refractivity contribution in [1.29, 1.82) is 0 Å². The second-order valence-electron chi connectivity index (χ2n) is 9.29. The summed E-state index contributed by atoms with van der Waals surface area (Å²) in [6.07, 6.45) is -2.78. The van der Waals surface area contributed by atoms with E-state index in [2.05, 4.69) is 24.3 Å². The smallest absolute Gasteiger partial charge is 0.340 e. The van der Waals surface area contributed by atoms with Gasteiger partial charge in [-0.1, -0.05) is 146 Å². The minimum atomic E-state index is -1.40. The maximum absolute atomic E-state index is 13.2. The molecule has 3 atom stereocenters. The van der Waals surface area contributed by atoms with E-state index < -0.39 is 24.3 Å². The van der Waals surface area contributed by atoms with Gasteiger partial charge in [-0.2, -0.15) is 0 Å². The zero-order valence-electron chi connectivity index (χ0n) is 21.5. The molecule has 5 rings (SSSR count). The lowest BCUT2D eigenvalue weighted by Gasteiger charge is -2.29. The lowest BCUT2D eigenvalue weighted by Crippen LogP contribution is -2.24. The Morgan fingerprint density at radius 1 is 0.538 bits per heavy atom. The van der Waals surface area contributed by atoms with E-state index in [0.29, 0.717) is 12.2 Å². The van der Waals surface area contributed by atoms with Gasteiger partial charge in [-0.25, -0.2) is 4.79 Å². The van der Waals surface area contributed by atoms with Crippen molar-refractivity contribution in [2.45, 2.75) is 24.9 Å². The fourth-order valence-electron chi connectivity index (χ4n) is 4.52. The highest BCUT2D eigenvalue weighted by atomic mass is 16.6. The largest absolute Gasteiger partial charge is 0.452 e. The van der Waals surface area contributed by atoms with Crippen LogP contribution in [0.25, 0.3) is 11.1 Å². The van der Waals surface area contributed by atoms with Crippen LogP contribution in [0.4, 0.5) is 0 Å². The van der Waals surface area contributed by atoms with E-state index in [1.165, 1.54) is 0 Å². The first kappa shape index (κ1) is 26.1. The lowest BCUT2D eigenvalue weighted by atomic mass is 9.97. The average molecular weight is 515 g/mol. The van der Waals surface area contributed by atoms with Crippen LogP contribution in [0.5, 0.6) is 0 Å². The zero-order valence-corrected chi connectivity index (χ0v) is 21.5. The van der Waals surface area contributed by atoms with Gasteiger partial charge >= 0.3 is 5.97 Å². The molecule has 4 nitrogen and oxygen atoms in total. The Kier molecular flexibility index (Phi) is 8.59. The molecule has 194 valence electrons. The topological polar surface area (TPSA) is 55.8 Å².